The molecule has 1 N–H and O–H groups in total. The van der Waals surface area contributed by atoms with Crippen LogP contribution in [0.4, 0.5) is 0 Å². The first-order valence-corrected chi connectivity index (χ1v) is 8.85. The normalized spacial score (nSPS) is 23.2. The maximum Gasteiger partial charge on any atom is 0.156 e. The molecule has 4 heteroatoms. The van der Waals surface area contributed by atoms with Gasteiger partial charge in [-0.25, -0.2) is 0 Å². The van der Waals surface area contributed by atoms with Gasteiger partial charge in [0, 0.05) is 24.4 Å². The first kappa shape index (κ1) is 15.2. The fourth-order valence-electron chi connectivity index (χ4n) is 2.89. The van der Waals surface area contributed by atoms with E-state index in [0.717, 1.165) is 31.6 Å². The van der Waals surface area contributed by atoms with Crippen molar-refractivity contribution < 1.29 is 0 Å². The molecule has 110 valence electrons. The first-order valence-electron chi connectivity index (χ1n) is 7.97. The smallest absolute Gasteiger partial charge is 0.156 e. The Morgan fingerprint density at radius 3 is 2.63 bits per heavy atom. The molecule has 0 bridgehead atoms. The van der Waals surface area contributed by atoms with Gasteiger partial charge in [-0.1, -0.05) is 45.4 Å². The molecule has 19 heavy (non-hydrogen) atoms. The minimum atomic E-state index is 0.711. The molecule has 3 nitrogen and oxygen atoms in total. The standard InChI is InChI=1S/C15H29N3S/c1-4-12(5-2)14-11-17-15(19-14)16-9-10-18(6-3)13-7-8-13/h12-14H,4-11H2,1-3H3,(H,16,17). The molecule has 0 amide bonds. The minimum absolute atomic E-state index is 0.711. The van der Waals surface area contributed by atoms with Crippen molar-refractivity contribution in [3.63, 3.8) is 0 Å². The second-order valence-corrected chi connectivity index (χ2v) is 6.89. The van der Waals surface area contributed by atoms with E-state index >= 15 is 0 Å². The van der Waals surface area contributed by atoms with Crippen LogP contribution in [-0.2, 0) is 0 Å². The van der Waals surface area contributed by atoms with Crippen LogP contribution in [0, 0.1) is 5.92 Å². The minimum Gasteiger partial charge on any atom is -0.364 e. The van der Waals surface area contributed by atoms with E-state index in [1.54, 1.807) is 0 Å². The summed E-state index contributed by atoms with van der Waals surface area (Å²) in [5.74, 6) is 0.826. The zero-order valence-corrected chi connectivity index (χ0v) is 13.5. The number of nitrogens with zero attached hydrogens (tertiary/aromatic N) is 2. The van der Waals surface area contributed by atoms with Crippen LogP contribution in [0.25, 0.3) is 0 Å². The van der Waals surface area contributed by atoms with Gasteiger partial charge >= 0.3 is 0 Å². The molecular formula is C15H29N3S. The second-order valence-electron chi connectivity index (χ2n) is 5.67. The van der Waals surface area contributed by atoms with Crippen molar-refractivity contribution in [3.8, 4) is 0 Å². The van der Waals surface area contributed by atoms with Crippen LogP contribution in [0.5, 0.6) is 0 Å². The van der Waals surface area contributed by atoms with Crippen molar-refractivity contribution in [3.05, 3.63) is 0 Å². The molecule has 0 aromatic carbocycles. The Hall–Kier alpha value is -0.220. The molecule has 0 spiro atoms. The van der Waals surface area contributed by atoms with Crippen LogP contribution in [0.15, 0.2) is 4.99 Å². The van der Waals surface area contributed by atoms with Gasteiger partial charge < -0.3 is 5.32 Å². The van der Waals surface area contributed by atoms with Crippen molar-refractivity contribution >= 4 is 16.9 Å². The highest BCUT2D eigenvalue weighted by Gasteiger charge is 2.28. The highest BCUT2D eigenvalue weighted by atomic mass is 32.2. The average molecular weight is 283 g/mol. The first-order chi connectivity index (χ1) is 9.28. The van der Waals surface area contributed by atoms with Gasteiger partial charge in [0.1, 0.15) is 0 Å². The van der Waals surface area contributed by atoms with Crippen LogP contribution in [0.3, 0.4) is 0 Å². The molecule has 1 fully saturated rings. The number of hydrogen-bond acceptors (Lipinski definition) is 4. The lowest BCUT2D eigenvalue weighted by Gasteiger charge is -2.21. The average Bonchev–Trinajstić information content (AvgIpc) is 3.17. The zero-order valence-electron chi connectivity index (χ0n) is 12.7. The van der Waals surface area contributed by atoms with Gasteiger partial charge in [-0.15, -0.1) is 0 Å². The Labute approximate surface area is 122 Å². The Kier molecular flexibility index (Phi) is 6.02. The van der Waals surface area contributed by atoms with Crippen LogP contribution in [-0.4, -0.2) is 47.5 Å². The van der Waals surface area contributed by atoms with Crippen LogP contribution in [0.1, 0.15) is 46.5 Å². The van der Waals surface area contributed by atoms with E-state index in [-0.39, 0.29) is 0 Å². The third kappa shape index (κ3) is 4.38. The van der Waals surface area contributed by atoms with Crippen LogP contribution >= 0.6 is 11.8 Å². The molecule has 1 atom stereocenters. The largest absolute Gasteiger partial charge is 0.364 e. The van der Waals surface area contributed by atoms with E-state index in [9.17, 15) is 0 Å². The molecule has 0 aromatic rings. The second kappa shape index (κ2) is 7.53. The van der Waals surface area contributed by atoms with Gasteiger partial charge in [-0.3, -0.25) is 9.89 Å². The van der Waals surface area contributed by atoms with Gasteiger partial charge in [0.2, 0.25) is 0 Å². The lowest BCUT2D eigenvalue weighted by atomic mass is 9.99. The zero-order chi connectivity index (χ0) is 13.7. The Morgan fingerprint density at radius 1 is 1.32 bits per heavy atom. The van der Waals surface area contributed by atoms with Crippen LogP contribution < -0.4 is 5.32 Å². The third-order valence-corrected chi connectivity index (χ3v) is 5.73. The maximum absolute atomic E-state index is 4.67. The fourth-order valence-corrected chi connectivity index (χ4v) is 4.24. The number of hydrogen-bond donors (Lipinski definition) is 1. The molecule has 0 radical (unpaired) electrons. The summed E-state index contributed by atoms with van der Waals surface area (Å²) in [5, 5.41) is 5.43. The van der Waals surface area contributed by atoms with E-state index in [2.05, 4.69) is 36.0 Å². The monoisotopic (exact) mass is 283 g/mol. The number of rotatable bonds is 8. The lowest BCUT2D eigenvalue weighted by Crippen LogP contribution is -2.35. The highest BCUT2D eigenvalue weighted by molar-refractivity contribution is 8.14. The molecule has 1 unspecified atom stereocenters. The van der Waals surface area contributed by atoms with E-state index in [0.29, 0.717) is 5.25 Å². The summed E-state index contributed by atoms with van der Waals surface area (Å²) < 4.78 is 0. The summed E-state index contributed by atoms with van der Waals surface area (Å²) in [4.78, 5) is 7.26. The van der Waals surface area contributed by atoms with Crippen molar-refractivity contribution in [1.82, 2.24) is 10.2 Å². The lowest BCUT2D eigenvalue weighted by molar-refractivity contribution is 0.282. The Balaban J connectivity index is 1.64. The number of nitrogens with one attached hydrogen (secondary N) is 1. The molecule has 2 rings (SSSR count). The van der Waals surface area contributed by atoms with Crippen molar-refractivity contribution in [2.24, 2.45) is 10.9 Å². The molecule has 0 saturated heterocycles. The number of aliphatic imine (C=N–C) groups is 1. The Bertz CT molecular complexity index is 298. The summed E-state index contributed by atoms with van der Waals surface area (Å²) in [6.07, 6.45) is 5.37. The van der Waals surface area contributed by atoms with Crippen molar-refractivity contribution in [2.75, 3.05) is 26.2 Å². The molecule has 1 aliphatic carbocycles. The summed E-state index contributed by atoms with van der Waals surface area (Å²) in [7, 11) is 0. The van der Waals surface area contributed by atoms with Crippen molar-refractivity contribution in [1.29, 1.82) is 0 Å². The van der Waals surface area contributed by atoms with Gasteiger partial charge in [-0.05, 0) is 25.3 Å². The molecule has 0 aromatic heterocycles. The molecule has 2 aliphatic rings. The topological polar surface area (TPSA) is 27.6 Å². The van der Waals surface area contributed by atoms with E-state index in [1.807, 2.05) is 11.8 Å². The van der Waals surface area contributed by atoms with E-state index < -0.39 is 0 Å². The number of thioether (sulfide) groups is 1. The van der Waals surface area contributed by atoms with Gasteiger partial charge in [0.05, 0.1) is 6.54 Å². The summed E-state index contributed by atoms with van der Waals surface area (Å²) in [6, 6.07) is 0.877. The molecule has 1 heterocycles. The van der Waals surface area contributed by atoms with E-state index in [4.69, 9.17) is 0 Å². The van der Waals surface area contributed by atoms with Gasteiger partial charge in [0.25, 0.3) is 0 Å². The number of likely N-dealkylation sites (N-methyl/N-ethyl adjacent to an activating group) is 1. The summed E-state index contributed by atoms with van der Waals surface area (Å²) in [6.45, 7) is 11.3. The number of amidine groups is 1. The van der Waals surface area contributed by atoms with Gasteiger partial charge in [-0.2, -0.15) is 0 Å². The highest BCUT2D eigenvalue weighted by Crippen LogP contribution is 2.30. The predicted octanol–water partition coefficient (Wildman–Crippen LogP) is 2.97. The fraction of sp³-hybridized carbons (Fsp3) is 0.933. The van der Waals surface area contributed by atoms with E-state index in [1.165, 1.54) is 37.4 Å². The molecule has 1 saturated carbocycles. The van der Waals surface area contributed by atoms with Gasteiger partial charge in [0.15, 0.2) is 5.17 Å². The van der Waals surface area contributed by atoms with Crippen molar-refractivity contribution in [2.45, 2.75) is 57.7 Å². The maximum atomic E-state index is 4.67. The third-order valence-electron chi connectivity index (χ3n) is 4.40. The van der Waals surface area contributed by atoms with Crippen LogP contribution in [0.2, 0.25) is 0 Å². The summed E-state index contributed by atoms with van der Waals surface area (Å²) in [5.41, 5.74) is 0. The molecular weight excluding hydrogens is 254 g/mol. The Morgan fingerprint density at radius 2 is 2.05 bits per heavy atom. The quantitative estimate of drug-likeness (QED) is 0.742. The SMILES string of the molecule is CCC(CC)C1CN=C(NCCN(CC)C2CC2)S1. The summed E-state index contributed by atoms with van der Waals surface area (Å²) >= 11 is 1.97. The predicted molar refractivity (Wildman–Crippen MR) is 86.0 cm³/mol. The molecule has 1 aliphatic heterocycles.